The summed E-state index contributed by atoms with van der Waals surface area (Å²) in [5.41, 5.74) is 3.84. The standard InChI is InChI=1S/C17H21N3/c1-18-13-15-9-6-11-17(19-15)20-12-5-4-8-14-7-2-3-10-16(14)20/h2-3,6-7,9-11,18H,4-5,8,12-13H2,1H3. The molecule has 0 atom stereocenters. The first-order valence-corrected chi connectivity index (χ1v) is 7.34. The molecular weight excluding hydrogens is 246 g/mol. The second-order valence-electron chi connectivity index (χ2n) is 5.25. The molecular formula is C17H21N3. The van der Waals surface area contributed by atoms with Gasteiger partial charge in [0.25, 0.3) is 0 Å². The van der Waals surface area contributed by atoms with Gasteiger partial charge in [-0.1, -0.05) is 24.3 Å². The Morgan fingerprint density at radius 3 is 2.90 bits per heavy atom. The first kappa shape index (κ1) is 13.1. The number of para-hydroxylation sites is 1. The number of aryl methyl sites for hydroxylation is 1. The van der Waals surface area contributed by atoms with Crippen molar-refractivity contribution in [2.45, 2.75) is 25.8 Å². The maximum atomic E-state index is 4.79. The fourth-order valence-electron chi connectivity index (χ4n) is 2.83. The van der Waals surface area contributed by atoms with E-state index in [0.29, 0.717) is 0 Å². The molecule has 1 N–H and O–H groups in total. The Kier molecular flexibility index (Phi) is 3.97. The summed E-state index contributed by atoms with van der Waals surface area (Å²) in [7, 11) is 1.95. The fraction of sp³-hybridized carbons (Fsp3) is 0.353. The minimum atomic E-state index is 0.809. The second kappa shape index (κ2) is 6.06. The van der Waals surface area contributed by atoms with Crippen LogP contribution in [0, 0.1) is 0 Å². The third-order valence-corrected chi connectivity index (χ3v) is 3.79. The minimum Gasteiger partial charge on any atom is -0.326 e. The van der Waals surface area contributed by atoms with Crippen LogP contribution < -0.4 is 10.2 Å². The molecule has 0 amide bonds. The molecule has 20 heavy (non-hydrogen) atoms. The van der Waals surface area contributed by atoms with E-state index in [4.69, 9.17) is 4.98 Å². The first-order valence-electron chi connectivity index (χ1n) is 7.34. The van der Waals surface area contributed by atoms with Crippen molar-refractivity contribution in [2.24, 2.45) is 0 Å². The number of aromatic nitrogens is 1. The van der Waals surface area contributed by atoms with Gasteiger partial charge in [0.2, 0.25) is 0 Å². The van der Waals surface area contributed by atoms with Crippen molar-refractivity contribution >= 4 is 11.5 Å². The van der Waals surface area contributed by atoms with Crippen LogP contribution >= 0.6 is 0 Å². The molecule has 0 unspecified atom stereocenters. The number of benzene rings is 1. The van der Waals surface area contributed by atoms with Crippen molar-refractivity contribution in [1.29, 1.82) is 0 Å². The fourth-order valence-corrected chi connectivity index (χ4v) is 2.83. The van der Waals surface area contributed by atoms with E-state index in [-0.39, 0.29) is 0 Å². The molecule has 0 saturated heterocycles. The van der Waals surface area contributed by atoms with E-state index in [2.05, 4.69) is 52.7 Å². The topological polar surface area (TPSA) is 28.2 Å². The summed E-state index contributed by atoms with van der Waals surface area (Å²) < 4.78 is 0. The smallest absolute Gasteiger partial charge is 0.133 e. The highest BCUT2D eigenvalue weighted by Crippen LogP contribution is 2.31. The summed E-state index contributed by atoms with van der Waals surface area (Å²) in [4.78, 5) is 7.15. The Labute approximate surface area is 120 Å². The van der Waals surface area contributed by atoms with Crippen LogP contribution in [-0.4, -0.2) is 18.6 Å². The summed E-state index contributed by atoms with van der Waals surface area (Å²) in [5, 5.41) is 3.16. The van der Waals surface area contributed by atoms with Gasteiger partial charge in [0, 0.05) is 18.8 Å². The Morgan fingerprint density at radius 2 is 2.00 bits per heavy atom. The normalized spacial score (nSPS) is 14.8. The molecule has 0 fully saturated rings. The first-order chi connectivity index (χ1) is 9.88. The molecule has 104 valence electrons. The van der Waals surface area contributed by atoms with Crippen LogP contribution in [0.15, 0.2) is 42.5 Å². The SMILES string of the molecule is CNCc1cccc(N2CCCCc3ccccc32)n1. The number of rotatable bonds is 3. The van der Waals surface area contributed by atoms with Gasteiger partial charge in [-0.3, -0.25) is 0 Å². The molecule has 1 aromatic heterocycles. The van der Waals surface area contributed by atoms with E-state index in [1.807, 2.05) is 7.05 Å². The quantitative estimate of drug-likeness (QED) is 0.925. The zero-order valence-electron chi connectivity index (χ0n) is 12.0. The van der Waals surface area contributed by atoms with Crippen molar-refractivity contribution in [1.82, 2.24) is 10.3 Å². The molecule has 0 aliphatic carbocycles. The molecule has 0 radical (unpaired) electrons. The molecule has 0 spiro atoms. The van der Waals surface area contributed by atoms with Crippen LogP contribution in [0.4, 0.5) is 11.5 Å². The van der Waals surface area contributed by atoms with Crippen LogP contribution in [0.2, 0.25) is 0 Å². The van der Waals surface area contributed by atoms with E-state index in [9.17, 15) is 0 Å². The number of hydrogen-bond donors (Lipinski definition) is 1. The molecule has 3 nitrogen and oxygen atoms in total. The van der Waals surface area contributed by atoms with E-state index in [0.717, 1.165) is 24.6 Å². The van der Waals surface area contributed by atoms with E-state index in [1.165, 1.54) is 30.5 Å². The van der Waals surface area contributed by atoms with Crippen molar-refractivity contribution in [2.75, 3.05) is 18.5 Å². The zero-order valence-corrected chi connectivity index (χ0v) is 12.0. The largest absolute Gasteiger partial charge is 0.326 e. The molecule has 2 heterocycles. The van der Waals surface area contributed by atoms with Crippen LogP contribution in [-0.2, 0) is 13.0 Å². The number of nitrogens with zero attached hydrogens (tertiary/aromatic N) is 2. The lowest BCUT2D eigenvalue weighted by Gasteiger charge is -2.24. The summed E-state index contributed by atoms with van der Waals surface area (Å²) in [6, 6.07) is 15.0. The minimum absolute atomic E-state index is 0.809. The molecule has 0 saturated carbocycles. The maximum Gasteiger partial charge on any atom is 0.133 e. The van der Waals surface area contributed by atoms with Crippen LogP contribution in [0.3, 0.4) is 0 Å². The van der Waals surface area contributed by atoms with Crippen molar-refractivity contribution < 1.29 is 0 Å². The van der Waals surface area contributed by atoms with Crippen LogP contribution in [0.5, 0.6) is 0 Å². The number of nitrogens with one attached hydrogen (secondary N) is 1. The predicted molar refractivity (Wildman–Crippen MR) is 83.4 cm³/mol. The van der Waals surface area contributed by atoms with Gasteiger partial charge in [0.1, 0.15) is 5.82 Å². The van der Waals surface area contributed by atoms with Gasteiger partial charge in [0.05, 0.1) is 5.69 Å². The Bertz CT molecular complexity index is 580. The maximum absolute atomic E-state index is 4.79. The van der Waals surface area contributed by atoms with Gasteiger partial charge in [-0.05, 0) is 50.1 Å². The average molecular weight is 267 g/mol. The predicted octanol–water partition coefficient (Wildman–Crippen LogP) is 3.28. The second-order valence-corrected chi connectivity index (χ2v) is 5.25. The van der Waals surface area contributed by atoms with Gasteiger partial charge in [0.15, 0.2) is 0 Å². The summed E-state index contributed by atoms with van der Waals surface area (Å²) in [6.45, 7) is 1.86. The number of pyridine rings is 1. The van der Waals surface area contributed by atoms with Crippen LogP contribution in [0.25, 0.3) is 0 Å². The Balaban J connectivity index is 1.98. The van der Waals surface area contributed by atoms with Gasteiger partial charge < -0.3 is 10.2 Å². The van der Waals surface area contributed by atoms with E-state index in [1.54, 1.807) is 0 Å². The van der Waals surface area contributed by atoms with Gasteiger partial charge in [-0.2, -0.15) is 0 Å². The third kappa shape index (κ3) is 2.68. The summed E-state index contributed by atoms with van der Waals surface area (Å²) >= 11 is 0. The lowest BCUT2D eigenvalue weighted by Crippen LogP contribution is -2.20. The molecule has 1 aliphatic heterocycles. The van der Waals surface area contributed by atoms with Gasteiger partial charge in [-0.25, -0.2) is 4.98 Å². The molecule has 1 aromatic carbocycles. The summed E-state index contributed by atoms with van der Waals surface area (Å²) in [5.74, 6) is 1.06. The number of hydrogen-bond acceptors (Lipinski definition) is 3. The number of fused-ring (bicyclic) bond motifs is 1. The lowest BCUT2D eigenvalue weighted by molar-refractivity contribution is 0.751. The molecule has 3 rings (SSSR count). The van der Waals surface area contributed by atoms with Crippen molar-refractivity contribution in [3.63, 3.8) is 0 Å². The van der Waals surface area contributed by atoms with Crippen molar-refractivity contribution in [3.05, 3.63) is 53.7 Å². The molecule has 0 bridgehead atoms. The third-order valence-electron chi connectivity index (χ3n) is 3.79. The Hall–Kier alpha value is -1.87. The van der Waals surface area contributed by atoms with Crippen molar-refractivity contribution in [3.8, 4) is 0 Å². The molecule has 2 aromatic rings. The van der Waals surface area contributed by atoms with Gasteiger partial charge >= 0.3 is 0 Å². The highest BCUT2D eigenvalue weighted by atomic mass is 15.2. The highest BCUT2D eigenvalue weighted by Gasteiger charge is 2.17. The lowest BCUT2D eigenvalue weighted by atomic mass is 10.1. The highest BCUT2D eigenvalue weighted by molar-refractivity contribution is 5.64. The van der Waals surface area contributed by atoms with E-state index >= 15 is 0 Å². The zero-order chi connectivity index (χ0) is 13.8. The van der Waals surface area contributed by atoms with Crippen LogP contribution in [0.1, 0.15) is 24.1 Å². The summed E-state index contributed by atoms with van der Waals surface area (Å²) in [6.07, 6.45) is 3.64. The molecule has 1 aliphatic rings. The average Bonchev–Trinajstić information content (AvgIpc) is 2.70. The van der Waals surface area contributed by atoms with Gasteiger partial charge in [-0.15, -0.1) is 0 Å². The Morgan fingerprint density at radius 1 is 1.10 bits per heavy atom. The monoisotopic (exact) mass is 267 g/mol. The number of anilines is 2. The van der Waals surface area contributed by atoms with E-state index < -0.39 is 0 Å². The molecule has 3 heteroatoms.